The molecule has 0 spiro atoms. The summed E-state index contributed by atoms with van der Waals surface area (Å²) >= 11 is 0. The lowest BCUT2D eigenvalue weighted by atomic mass is 10.1. The standard InChI is InChI=1S/C28H27N7O/c1-19-9-8-10-21(17-19)25-31-32-26-23-13-6-7-14-24(23)30-27(35(25)26)33-15-16-34(20(2)18-33)28(36)29-22-11-4-3-5-12-22/h3-14,17,20H,15-16,18H2,1-2H3,(H,29,36). The Morgan fingerprint density at radius 2 is 1.75 bits per heavy atom. The molecule has 8 nitrogen and oxygen atoms in total. The summed E-state index contributed by atoms with van der Waals surface area (Å²) in [6, 6.07) is 25.8. The molecule has 1 saturated heterocycles. The molecule has 0 aliphatic carbocycles. The molecule has 2 aromatic heterocycles. The number of para-hydroxylation sites is 2. The first kappa shape index (κ1) is 22.0. The number of carbonyl (C=O) groups is 1. The van der Waals surface area contributed by atoms with Crippen LogP contribution in [0.25, 0.3) is 27.9 Å². The minimum absolute atomic E-state index is 0.00955. The second-order valence-corrected chi connectivity index (χ2v) is 9.27. The van der Waals surface area contributed by atoms with Crippen molar-refractivity contribution in [2.24, 2.45) is 0 Å². The maximum atomic E-state index is 13.0. The lowest BCUT2D eigenvalue weighted by Crippen LogP contribution is -2.55. The zero-order valence-electron chi connectivity index (χ0n) is 20.3. The zero-order chi connectivity index (χ0) is 24.6. The van der Waals surface area contributed by atoms with Crippen LogP contribution in [0.1, 0.15) is 12.5 Å². The van der Waals surface area contributed by atoms with E-state index in [4.69, 9.17) is 4.98 Å². The molecule has 1 fully saturated rings. The zero-order valence-corrected chi connectivity index (χ0v) is 20.3. The third-order valence-electron chi connectivity index (χ3n) is 6.70. The first-order valence-electron chi connectivity index (χ1n) is 12.2. The van der Waals surface area contributed by atoms with Gasteiger partial charge in [-0.05, 0) is 44.2 Å². The molecule has 0 radical (unpaired) electrons. The summed E-state index contributed by atoms with van der Waals surface area (Å²) in [5.41, 5.74) is 4.60. The molecule has 1 unspecified atom stereocenters. The van der Waals surface area contributed by atoms with Gasteiger partial charge in [0.05, 0.1) is 5.52 Å². The van der Waals surface area contributed by atoms with E-state index in [9.17, 15) is 4.79 Å². The Bertz CT molecular complexity index is 1560. The largest absolute Gasteiger partial charge is 0.338 e. The summed E-state index contributed by atoms with van der Waals surface area (Å²) in [6.07, 6.45) is 0. The number of fused-ring (bicyclic) bond motifs is 3. The van der Waals surface area contributed by atoms with Gasteiger partial charge in [-0.15, -0.1) is 10.2 Å². The van der Waals surface area contributed by atoms with Gasteiger partial charge in [0.15, 0.2) is 11.5 Å². The van der Waals surface area contributed by atoms with Gasteiger partial charge in [0, 0.05) is 42.3 Å². The number of hydrogen-bond donors (Lipinski definition) is 1. The maximum Gasteiger partial charge on any atom is 0.322 e. The summed E-state index contributed by atoms with van der Waals surface area (Å²) < 4.78 is 2.06. The van der Waals surface area contributed by atoms with E-state index in [2.05, 4.69) is 56.9 Å². The van der Waals surface area contributed by atoms with Crippen LogP contribution < -0.4 is 10.2 Å². The topological polar surface area (TPSA) is 78.7 Å². The van der Waals surface area contributed by atoms with Gasteiger partial charge in [-0.1, -0.05) is 54.1 Å². The second kappa shape index (κ2) is 8.96. The van der Waals surface area contributed by atoms with Gasteiger partial charge in [-0.3, -0.25) is 0 Å². The van der Waals surface area contributed by atoms with Crippen LogP contribution >= 0.6 is 0 Å². The first-order chi connectivity index (χ1) is 17.6. The number of aryl methyl sites for hydroxylation is 1. The number of hydrogen-bond acceptors (Lipinski definition) is 5. The molecular formula is C28H27N7O. The number of rotatable bonds is 3. The highest BCUT2D eigenvalue weighted by Gasteiger charge is 2.30. The van der Waals surface area contributed by atoms with Crippen LogP contribution in [-0.2, 0) is 0 Å². The third kappa shape index (κ3) is 3.90. The van der Waals surface area contributed by atoms with Crippen LogP contribution in [0.2, 0.25) is 0 Å². The van der Waals surface area contributed by atoms with E-state index in [1.54, 1.807) is 0 Å². The van der Waals surface area contributed by atoms with Crippen LogP contribution in [-0.4, -0.2) is 56.2 Å². The fraction of sp³-hybridized carbons (Fsp3) is 0.214. The van der Waals surface area contributed by atoms with Crippen LogP contribution in [0.5, 0.6) is 0 Å². The molecule has 1 atom stereocenters. The molecule has 0 bridgehead atoms. The Hall–Kier alpha value is -4.46. The van der Waals surface area contributed by atoms with Gasteiger partial charge in [0.2, 0.25) is 5.95 Å². The monoisotopic (exact) mass is 477 g/mol. The maximum absolute atomic E-state index is 13.0. The SMILES string of the molecule is Cc1cccc(-c2nnc3c4ccccc4nc(N4CCN(C(=O)Nc5ccccc5)C(C)C4)n23)c1. The number of nitrogens with zero attached hydrogens (tertiary/aromatic N) is 6. The molecule has 1 aliphatic heterocycles. The molecule has 180 valence electrons. The van der Waals surface area contributed by atoms with Gasteiger partial charge in [0.1, 0.15) is 0 Å². The summed E-state index contributed by atoms with van der Waals surface area (Å²) in [7, 11) is 0. The summed E-state index contributed by atoms with van der Waals surface area (Å²) in [5, 5.41) is 13.2. The van der Waals surface area contributed by atoms with Gasteiger partial charge in [0.25, 0.3) is 0 Å². The van der Waals surface area contributed by atoms with Gasteiger partial charge >= 0.3 is 6.03 Å². The minimum Gasteiger partial charge on any atom is -0.338 e. The molecule has 5 aromatic rings. The highest BCUT2D eigenvalue weighted by Crippen LogP contribution is 2.30. The lowest BCUT2D eigenvalue weighted by Gasteiger charge is -2.40. The smallest absolute Gasteiger partial charge is 0.322 e. The van der Waals surface area contributed by atoms with Crippen molar-refractivity contribution in [3.63, 3.8) is 0 Å². The quantitative estimate of drug-likeness (QED) is 0.396. The van der Waals surface area contributed by atoms with E-state index in [0.29, 0.717) is 19.6 Å². The second-order valence-electron chi connectivity index (χ2n) is 9.27. The van der Waals surface area contributed by atoms with E-state index >= 15 is 0 Å². The fourth-order valence-corrected chi connectivity index (χ4v) is 4.91. The van der Waals surface area contributed by atoms with Crippen LogP contribution in [0, 0.1) is 6.92 Å². The number of urea groups is 1. The van der Waals surface area contributed by atoms with E-state index < -0.39 is 0 Å². The van der Waals surface area contributed by atoms with Gasteiger partial charge in [-0.25, -0.2) is 14.2 Å². The average Bonchev–Trinajstić information content (AvgIpc) is 3.34. The number of nitrogens with one attached hydrogen (secondary N) is 1. The summed E-state index contributed by atoms with van der Waals surface area (Å²) in [5.74, 6) is 1.55. The van der Waals surface area contributed by atoms with E-state index in [1.165, 1.54) is 0 Å². The predicted molar refractivity (Wildman–Crippen MR) is 142 cm³/mol. The van der Waals surface area contributed by atoms with Gasteiger partial charge in [-0.2, -0.15) is 0 Å². The van der Waals surface area contributed by atoms with Gasteiger partial charge < -0.3 is 15.1 Å². The molecule has 6 rings (SSSR count). The van der Waals surface area contributed by atoms with E-state index in [1.807, 2.05) is 65.6 Å². The number of aromatic nitrogens is 4. The van der Waals surface area contributed by atoms with Crippen LogP contribution in [0.4, 0.5) is 16.4 Å². The lowest BCUT2D eigenvalue weighted by molar-refractivity contribution is 0.184. The Labute approximate surface area is 209 Å². The van der Waals surface area contributed by atoms with Crippen LogP contribution in [0.15, 0.2) is 78.9 Å². The number of piperazine rings is 1. The molecule has 8 heteroatoms. The van der Waals surface area contributed by atoms with E-state index in [-0.39, 0.29) is 12.1 Å². The molecule has 2 amide bonds. The Morgan fingerprint density at radius 1 is 0.944 bits per heavy atom. The van der Waals surface area contributed by atoms with Crippen molar-refractivity contribution in [3.8, 4) is 11.4 Å². The Morgan fingerprint density at radius 3 is 2.56 bits per heavy atom. The van der Waals surface area contributed by atoms with E-state index in [0.717, 1.165) is 45.1 Å². The van der Waals surface area contributed by atoms with Crippen molar-refractivity contribution >= 4 is 34.2 Å². The van der Waals surface area contributed by atoms with Crippen molar-refractivity contribution in [2.45, 2.75) is 19.9 Å². The van der Waals surface area contributed by atoms with Crippen molar-refractivity contribution in [1.82, 2.24) is 24.5 Å². The average molecular weight is 478 g/mol. The predicted octanol–water partition coefficient (Wildman–Crippen LogP) is 5.00. The molecule has 0 saturated carbocycles. The van der Waals surface area contributed by atoms with Crippen LogP contribution in [0.3, 0.4) is 0 Å². The first-order valence-corrected chi connectivity index (χ1v) is 12.2. The number of anilines is 2. The normalized spacial score (nSPS) is 16.0. The summed E-state index contributed by atoms with van der Waals surface area (Å²) in [4.78, 5) is 22.2. The number of amides is 2. The van der Waals surface area contributed by atoms with Crippen molar-refractivity contribution in [3.05, 3.63) is 84.4 Å². The number of benzene rings is 3. The highest BCUT2D eigenvalue weighted by molar-refractivity contribution is 5.93. The molecule has 36 heavy (non-hydrogen) atoms. The molecule has 3 heterocycles. The van der Waals surface area contributed by atoms with Crippen molar-refractivity contribution in [2.75, 3.05) is 29.9 Å². The summed E-state index contributed by atoms with van der Waals surface area (Å²) in [6.45, 7) is 6.02. The minimum atomic E-state index is -0.0882. The molecule has 1 N–H and O–H groups in total. The third-order valence-corrected chi connectivity index (χ3v) is 6.70. The van der Waals surface area contributed by atoms with Crippen molar-refractivity contribution < 1.29 is 4.79 Å². The number of carbonyl (C=O) groups excluding carboxylic acids is 1. The Kier molecular flexibility index (Phi) is 5.48. The molecule has 1 aliphatic rings. The van der Waals surface area contributed by atoms with Crippen molar-refractivity contribution in [1.29, 1.82) is 0 Å². The Balaban J connectivity index is 1.37. The molecule has 3 aromatic carbocycles. The highest BCUT2D eigenvalue weighted by atomic mass is 16.2. The molecular weight excluding hydrogens is 450 g/mol. The fourth-order valence-electron chi connectivity index (χ4n) is 4.91.